The van der Waals surface area contributed by atoms with Crippen molar-refractivity contribution >= 4 is 0 Å². The first-order valence-electron chi connectivity index (χ1n) is 7.08. The Labute approximate surface area is 105 Å². The third-order valence-corrected chi connectivity index (χ3v) is 3.52. The summed E-state index contributed by atoms with van der Waals surface area (Å²) in [5.74, 6) is 0. The lowest BCUT2D eigenvalue weighted by Gasteiger charge is -2.27. The zero-order valence-corrected chi connectivity index (χ0v) is 11.3. The van der Waals surface area contributed by atoms with E-state index in [4.69, 9.17) is 9.47 Å². The van der Waals surface area contributed by atoms with Crippen molar-refractivity contribution in [3.8, 4) is 0 Å². The quantitative estimate of drug-likeness (QED) is 0.742. The standard InChI is InChI=1S/C14H27NO2/c1-14(2,10-15-12-6-7-12)11-16-9-13-5-3-4-8-17-13/h12-13,15H,3-11H2,1-2H3. The Morgan fingerprint density at radius 1 is 1.24 bits per heavy atom. The van der Waals surface area contributed by atoms with E-state index < -0.39 is 0 Å². The Kier molecular flexibility index (Phi) is 4.83. The van der Waals surface area contributed by atoms with E-state index in [1.807, 2.05) is 0 Å². The maximum Gasteiger partial charge on any atom is 0.0808 e. The van der Waals surface area contributed by atoms with Crippen LogP contribution < -0.4 is 5.32 Å². The van der Waals surface area contributed by atoms with E-state index >= 15 is 0 Å². The molecule has 2 aliphatic rings. The fourth-order valence-corrected chi connectivity index (χ4v) is 2.16. The lowest BCUT2D eigenvalue weighted by molar-refractivity contribution is -0.0545. The molecule has 0 amide bonds. The van der Waals surface area contributed by atoms with E-state index in [1.165, 1.54) is 32.1 Å². The second-order valence-electron chi connectivity index (χ2n) is 6.32. The molecule has 3 heteroatoms. The third-order valence-electron chi connectivity index (χ3n) is 3.52. The molecule has 17 heavy (non-hydrogen) atoms. The number of rotatable bonds is 7. The van der Waals surface area contributed by atoms with Crippen molar-refractivity contribution < 1.29 is 9.47 Å². The van der Waals surface area contributed by atoms with Gasteiger partial charge in [-0.3, -0.25) is 0 Å². The van der Waals surface area contributed by atoms with Crippen LogP contribution in [0, 0.1) is 5.41 Å². The van der Waals surface area contributed by atoms with Crippen LogP contribution in [0.2, 0.25) is 0 Å². The normalized spacial score (nSPS) is 26.1. The Bertz CT molecular complexity index is 220. The van der Waals surface area contributed by atoms with E-state index in [2.05, 4.69) is 19.2 Å². The van der Waals surface area contributed by atoms with Crippen LogP contribution in [0.1, 0.15) is 46.0 Å². The van der Waals surface area contributed by atoms with Gasteiger partial charge in [0.05, 0.1) is 19.3 Å². The SMILES string of the molecule is CC(C)(CNC1CC1)COCC1CCCCO1. The van der Waals surface area contributed by atoms with E-state index in [0.717, 1.165) is 32.4 Å². The van der Waals surface area contributed by atoms with Crippen LogP contribution in [0.4, 0.5) is 0 Å². The molecule has 2 fully saturated rings. The summed E-state index contributed by atoms with van der Waals surface area (Å²) in [5.41, 5.74) is 0.233. The lowest BCUT2D eigenvalue weighted by Crippen LogP contribution is -2.35. The first-order valence-corrected chi connectivity index (χ1v) is 7.08. The van der Waals surface area contributed by atoms with Crippen LogP contribution in [0.5, 0.6) is 0 Å². The summed E-state index contributed by atoms with van der Waals surface area (Å²) in [6, 6.07) is 0.788. The fraction of sp³-hybridized carbons (Fsp3) is 1.00. The predicted molar refractivity (Wildman–Crippen MR) is 69.2 cm³/mol. The Hall–Kier alpha value is -0.120. The highest BCUT2D eigenvalue weighted by atomic mass is 16.5. The smallest absolute Gasteiger partial charge is 0.0808 e. The van der Waals surface area contributed by atoms with Gasteiger partial charge in [-0.15, -0.1) is 0 Å². The van der Waals surface area contributed by atoms with Gasteiger partial charge in [-0.1, -0.05) is 13.8 Å². The summed E-state index contributed by atoms with van der Waals surface area (Å²) in [6.07, 6.45) is 6.73. The van der Waals surface area contributed by atoms with Gasteiger partial charge in [-0.25, -0.2) is 0 Å². The fourth-order valence-electron chi connectivity index (χ4n) is 2.16. The van der Waals surface area contributed by atoms with Gasteiger partial charge in [0.1, 0.15) is 0 Å². The van der Waals surface area contributed by atoms with Crippen molar-refractivity contribution in [2.45, 2.75) is 58.1 Å². The van der Waals surface area contributed by atoms with Gasteiger partial charge in [-0.05, 0) is 32.1 Å². The van der Waals surface area contributed by atoms with E-state index in [1.54, 1.807) is 0 Å². The molecule has 100 valence electrons. The van der Waals surface area contributed by atoms with Crippen LogP contribution in [0.25, 0.3) is 0 Å². The van der Waals surface area contributed by atoms with E-state index in [0.29, 0.717) is 6.10 Å². The number of nitrogens with one attached hydrogen (secondary N) is 1. The van der Waals surface area contributed by atoms with Gasteiger partial charge in [0, 0.05) is 24.6 Å². The molecule has 0 aromatic heterocycles. The Morgan fingerprint density at radius 3 is 2.71 bits per heavy atom. The summed E-state index contributed by atoms with van der Waals surface area (Å²) in [4.78, 5) is 0. The summed E-state index contributed by atoms with van der Waals surface area (Å²) in [7, 11) is 0. The zero-order chi connectivity index (χ0) is 12.1. The van der Waals surface area contributed by atoms with Crippen LogP contribution in [-0.4, -0.2) is 38.5 Å². The van der Waals surface area contributed by atoms with Crippen molar-refractivity contribution in [2.75, 3.05) is 26.4 Å². The highest BCUT2D eigenvalue weighted by molar-refractivity contribution is 4.84. The van der Waals surface area contributed by atoms with Gasteiger partial charge in [0.2, 0.25) is 0 Å². The molecule has 0 aromatic rings. The number of hydrogen-bond donors (Lipinski definition) is 1. The second-order valence-corrected chi connectivity index (χ2v) is 6.32. The molecule has 1 saturated carbocycles. The molecule has 0 radical (unpaired) electrons. The number of ether oxygens (including phenoxy) is 2. The highest BCUT2D eigenvalue weighted by Gasteiger charge is 2.25. The van der Waals surface area contributed by atoms with Gasteiger partial charge in [0.25, 0.3) is 0 Å². The summed E-state index contributed by atoms with van der Waals surface area (Å²) in [5, 5.41) is 3.57. The molecule has 1 atom stereocenters. The van der Waals surface area contributed by atoms with Crippen LogP contribution >= 0.6 is 0 Å². The first kappa shape index (κ1) is 13.3. The molecule has 1 N–H and O–H groups in total. The molecule has 1 unspecified atom stereocenters. The zero-order valence-electron chi connectivity index (χ0n) is 11.3. The van der Waals surface area contributed by atoms with Crippen molar-refractivity contribution in [1.29, 1.82) is 0 Å². The summed E-state index contributed by atoms with van der Waals surface area (Å²) >= 11 is 0. The second kappa shape index (κ2) is 6.17. The molecule has 0 aromatic carbocycles. The van der Waals surface area contributed by atoms with Crippen molar-refractivity contribution in [3.05, 3.63) is 0 Å². The lowest BCUT2D eigenvalue weighted by atomic mass is 9.95. The largest absolute Gasteiger partial charge is 0.378 e. The third kappa shape index (κ3) is 5.36. The Morgan fingerprint density at radius 2 is 2.06 bits per heavy atom. The monoisotopic (exact) mass is 241 g/mol. The highest BCUT2D eigenvalue weighted by Crippen LogP contribution is 2.22. The van der Waals surface area contributed by atoms with E-state index in [-0.39, 0.29) is 5.41 Å². The molecule has 0 spiro atoms. The van der Waals surface area contributed by atoms with E-state index in [9.17, 15) is 0 Å². The van der Waals surface area contributed by atoms with Crippen molar-refractivity contribution in [1.82, 2.24) is 5.32 Å². The van der Waals surface area contributed by atoms with Crippen LogP contribution in [-0.2, 0) is 9.47 Å². The van der Waals surface area contributed by atoms with Gasteiger partial charge in [0.15, 0.2) is 0 Å². The Balaban J connectivity index is 1.55. The first-order chi connectivity index (χ1) is 8.16. The van der Waals surface area contributed by atoms with Gasteiger partial charge in [-0.2, -0.15) is 0 Å². The minimum absolute atomic E-state index is 0.233. The summed E-state index contributed by atoms with van der Waals surface area (Å²) < 4.78 is 11.5. The molecule has 2 rings (SSSR count). The molecule has 1 saturated heterocycles. The topological polar surface area (TPSA) is 30.5 Å². The van der Waals surface area contributed by atoms with Gasteiger partial charge < -0.3 is 14.8 Å². The minimum Gasteiger partial charge on any atom is -0.378 e. The molecule has 3 nitrogen and oxygen atoms in total. The molecule has 1 aliphatic carbocycles. The summed E-state index contributed by atoms with van der Waals surface area (Å²) in [6.45, 7) is 8.11. The molecule has 1 aliphatic heterocycles. The maximum absolute atomic E-state index is 5.83. The average Bonchev–Trinajstić information content (AvgIpc) is 3.12. The molecule has 0 bridgehead atoms. The molecular weight excluding hydrogens is 214 g/mol. The molecular formula is C14H27NO2. The minimum atomic E-state index is 0.233. The average molecular weight is 241 g/mol. The van der Waals surface area contributed by atoms with Crippen molar-refractivity contribution in [2.24, 2.45) is 5.41 Å². The van der Waals surface area contributed by atoms with Crippen LogP contribution in [0.3, 0.4) is 0 Å². The maximum atomic E-state index is 5.83. The van der Waals surface area contributed by atoms with Crippen LogP contribution in [0.15, 0.2) is 0 Å². The number of hydrogen-bond acceptors (Lipinski definition) is 3. The van der Waals surface area contributed by atoms with Crippen molar-refractivity contribution in [3.63, 3.8) is 0 Å². The molecule has 1 heterocycles. The predicted octanol–water partition coefficient (Wildman–Crippen LogP) is 2.35. The van der Waals surface area contributed by atoms with Gasteiger partial charge >= 0.3 is 0 Å².